The lowest BCUT2D eigenvalue weighted by atomic mass is 9.77. The molecule has 21 heteroatoms. The highest BCUT2D eigenvalue weighted by molar-refractivity contribution is 8.01. The van der Waals surface area contributed by atoms with Gasteiger partial charge < -0.3 is 29.4 Å². The van der Waals surface area contributed by atoms with Crippen LogP contribution in [0.1, 0.15) is 83.7 Å². The number of anilines is 1. The van der Waals surface area contributed by atoms with Crippen molar-refractivity contribution in [2.75, 3.05) is 16.8 Å². The number of nitrogens with one attached hydrogen (secondary N) is 2. The fourth-order valence-electron chi connectivity index (χ4n) is 10.9. The molecule has 2 aliphatic rings. The molecule has 0 saturated carbocycles. The summed E-state index contributed by atoms with van der Waals surface area (Å²) in [6, 6.07) is 70.5. The molecule has 2 N–H and O–H groups in total. The Kier molecular flexibility index (Phi) is 17.3. The van der Waals surface area contributed by atoms with Crippen LogP contribution in [0.3, 0.4) is 0 Å². The number of carbonyl (C=O) groups is 5. The van der Waals surface area contributed by atoms with E-state index >= 15 is 4.79 Å². The van der Waals surface area contributed by atoms with Crippen LogP contribution < -0.4 is 10.6 Å². The van der Waals surface area contributed by atoms with E-state index in [1.54, 1.807) is 18.4 Å². The number of thioether (sulfide) groups is 2. The van der Waals surface area contributed by atoms with Crippen LogP contribution >= 0.6 is 34.9 Å². The minimum absolute atomic E-state index is 0.00317. The number of hydrogen-bond acceptors (Lipinski definition) is 18. The standard InChI is InChI=1S/C70H53N9O9S3/c1-44-40-55(79-68(71-44)74-61(76-79)67(84)87-60(47-28-13-4-14-29-47)48-30-15-5-16-31-48)89-41-49-42-90-64-57(63(81)78(64)58(49)66(83)86-59(45-24-9-2-10-25-45)46-26-11-3-12-27-46)73-62(80)56(77-88-65(82)54-38-23-39-85-54)53-43-91-69(72-53)75-70(50-32-17-6-18-33-50,51-34-19-7-20-35-51)52-36-21-8-22-37-52/h2-40,43,57,59-60,64H,41-42H2,1H3,(H,72,75)(H,73,80)/b77-56-/t57-,64-/m1/s1. The maximum Gasteiger partial charge on any atom is 0.400 e. The van der Waals surface area contributed by atoms with Gasteiger partial charge in [0.25, 0.3) is 23.4 Å². The first-order valence-electron chi connectivity index (χ1n) is 28.8. The van der Waals surface area contributed by atoms with Gasteiger partial charge in [0.05, 0.1) is 6.26 Å². The normalized spacial score (nSPS) is 14.8. The second-order valence-corrected chi connectivity index (χ2v) is 24.0. The number of esters is 2. The number of ether oxygens (including phenoxy) is 2. The van der Waals surface area contributed by atoms with Crippen molar-refractivity contribution >= 4 is 81.2 Å². The molecule has 4 aromatic heterocycles. The monoisotopic (exact) mass is 1260 g/mol. The van der Waals surface area contributed by atoms with Gasteiger partial charge in [-0.3, -0.25) is 14.5 Å². The van der Waals surface area contributed by atoms with Crippen LogP contribution in [0.4, 0.5) is 5.13 Å². The van der Waals surface area contributed by atoms with Gasteiger partial charge in [-0.05, 0) is 69.6 Å². The number of benzene rings is 7. The van der Waals surface area contributed by atoms with Gasteiger partial charge in [0.15, 0.2) is 23.1 Å². The smallest absolute Gasteiger partial charge is 0.400 e. The summed E-state index contributed by atoms with van der Waals surface area (Å²) in [5.41, 5.74) is 5.34. The molecule has 7 aromatic carbocycles. The van der Waals surface area contributed by atoms with E-state index in [1.165, 1.54) is 62.7 Å². The minimum Gasteiger partial charge on any atom is -0.457 e. The second-order valence-electron chi connectivity index (χ2n) is 21.0. The summed E-state index contributed by atoms with van der Waals surface area (Å²) in [5, 5.41) is 17.0. The highest BCUT2D eigenvalue weighted by atomic mass is 32.2. The number of amides is 2. The number of aryl methyl sites for hydroxylation is 1. The predicted molar refractivity (Wildman–Crippen MR) is 345 cm³/mol. The van der Waals surface area contributed by atoms with Crippen LogP contribution in [0, 0.1) is 6.92 Å². The average molecular weight is 1260 g/mol. The molecular formula is C70H53N9O9S3. The molecule has 2 aliphatic heterocycles. The van der Waals surface area contributed by atoms with E-state index in [0.717, 1.165) is 27.8 Å². The van der Waals surface area contributed by atoms with Crippen LogP contribution in [0.15, 0.2) is 268 Å². The largest absolute Gasteiger partial charge is 0.457 e. The molecule has 13 rings (SSSR count). The summed E-state index contributed by atoms with van der Waals surface area (Å²) < 4.78 is 19.4. The molecular weight excluding hydrogens is 1210 g/mol. The Morgan fingerprint density at radius 1 is 0.659 bits per heavy atom. The zero-order valence-corrected chi connectivity index (χ0v) is 50.8. The maximum absolute atomic E-state index is 15.2. The van der Waals surface area contributed by atoms with Gasteiger partial charge in [0, 0.05) is 22.6 Å². The first-order chi connectivity index (χ1) is 44.6. The number of carbonyl (C=O) groups excluding carboxylic acids is 5. The number of β-lactam (4-membered cyclic amide) rings is 1. The van der Waals surface area contributed by atoms with Gasteiger partial charge in [-0.2, -0.15) is 9.50 Å². The lowest BCUT2D eigenvalue weighted by molar-refractivity contribution is -0.154. The summed E-state index contributed by atoms with van der Waals surface area (Å²) in [5.74, 6) is -3.94. The highest BCUT2D eigenvalue weighted by Crippen LogP contribution is 2.44. The predicted octanol–water partition coefficient (Wildman–Crippen LogP) is 12.2. The molecule has 0 spiro atoms. The summed E-state index contributed by atoms with van der Waals surface area (Å²) in [7, 11) is 0. The van der Waals surface area contributed by atoms with Crippen molar-refractivity contribution in [3.05, 3.63) is 315 Å². The number of oxime groups is 1. The van der Waals surface area contributed by atoms with Crippen LogP contribution in [-0.2, 0) is 34.2 Å². The quantitative estimate of drug-likeness (QED) is 0.00998. The van der Waals surface area contributed by atoms with Crippen molar-refractivity contribution in [2.24, 2.45) is 5.16 Å². The van der Waals surface area contributed by atoms with Crippen LogP contribution in [0.5, 0.6) is 0 Å². The summed E-state index contributed by atoms with van der Waals surface area (Å²) in [6.45, 7) is 1.79. The van der Waals surface area contributed by atoms with Crippen LogP contribution in [0.25, 0.3) is 5.78 Å². The summed E-state index contributed by atoms with van der Waals surface area (Å²) in [4.78, 5) is 93.2. The van der Waals surface area contributed by atoms with Crippen LogP contribution in [-0.4, -0.2) is 87.8 Å². The number of rotatable bonds is 21. The zero-order valence-electron chi connectivity index (χ0n) is 48.3. The first kappa shape index (κ1) is 59.2. The highest BCUT2D eigenvalue weighted by Gasteiger charge is 2.55. The first-order valence-corrected chi connectivity index (χ1v) is 31.7. The van der Waals surface area contributed by atoms with Gasteiger partial charge in [0.2, 0.25) is 5.76 Å². The molecule has 1 saturated heterocycles. The SMILES string of the molecule is Cc1cc(SCC2=C(C(=O)OC(c3ccccc3)c3ccccc3)N3C(=O)[C@@H](NC(=O)/C(=N\OC(=O)c4ccco4)c4csc(NC(c5ccccc5)(c5ccccc5)c5ccccc5)n4)[C@H]3SC2)n2nc(C(=O)OC(c3ccccc3)c3ccccc3)nc2n1. The van der Waals surface area contributed by atoms with Crippen molar-refractivity contribution in [3.8, 4) is 0 Å². The van der Waals surface area contributed by atoms with E-state index in [0.29, 0.717) is 32.6 Å². The van der Waals surface area contributed by atoms with E-state index in [4.69, 9.17) is 23.7 Å². The van der Waals surface area contributed by atoms with Gasteiger partial charge in [-0.25, -0.2) is 24.4 Å². The number of fused-ring (bicyclic) bond motifs is 2. The number of hydrogen-bond donors (Lipinski definition) is 2. The molecule has 2 amide bonds. The molecule has 11 aromatic rings. The van der Waals surface area contributed by atoms with Crippen LogP contribution in [0.2, 0.25) is 0 Å². The number of furan rings is 1. The topological polar surface area (TPSA) is 222 Å². The van der Waals surface area contributed by atoms with Gasteiger partial charge in [-0.1, -0.05) is 217 Å². The number of nitrogens with zero attached hydrogens (tertiary/aromatic N) is 7. The fraction of sp³-hybridized carbons (Fsp3) is 0.114. The lowest BCUT2D eigenvalue weighted by Crippen LogP contribution is -2.71. The van der Waals surface area contributed by atoms with Gasteiger partial charge in [-0.15, -0.1) is 40.0 Å². The van der Waals surface area contributed by atoms with E-state index in [-0.39, 0.29) is 40.3 Å². The third-order valence-corrected chi connectivity index (χ3v) is 18.4. The molecule has 18 nitrogen and oxygen atoms in total. The Balaban J connectivity index is 0.810. The van der Waals surface area contributed by atoms with E-state index in [9.17, 15) is 19.2 Å². The Bertz CT molecular complexity index is 4310. The maximum atomic E-state index is 15.2. The third kappa shape index (κ3) is 12.4. The van der Waals surface area contributed by atoms with Gasteiger partial charge in [0.1, 0.15) is 33.4 Å². The van der Waals surface area contributed by atoms with E-state index in [2.05, 4.69) is 30.9 Å². The second kappa shape index (κ2) is 26.5. The van der Waals surface area contributed by atoms with E-state index < -0.39 is 64.6 Å². The van der Waals surface area contributed by atoms with Crippen molar-refractivity contribution in [1.82, 2.24) is 34.8 Å². The molecule has 6 heterocycles. The molecule has 450 valence electrons. The zero-order chi connectivity index (χ0) is 62.3. The fourth-order valence-corrected chi connectivity index (χ4v) is 14.2. The Labute approximate surface area is 534 Å². The molecule has 0 bridgehead atoms. The molecule has 91 heavy (non-hydrogen) atoms. The van der Waals surface area contributed by atoms with Gasteiger partial charge >= 0.3 is 17.9 Å². The molecule has 0 unspecified atom stereocenters. The Morgan fingerprint density at radius 2 is 1.18 bits per heavy atom. The number of thiazole rings is 1. The third-order valence-electron chi connectivity index (χ3n) is 15.2. The summed E-state index contributed by atoms with van der Waals surface area (Å²) >= 11 is 3.82. The molecule has 0 radical (unpaired) electrons. The molecule has 2 atom stereocenters. The number of aromatic nitrogens is 5. The lowest BCUT2D eigenvalue weighted by Gasteiger charge is -2.49. The van der Waals surface area contributed by atoms with Crippen molar-refractivity contribution in [3.63, 3.8) is 0 Å². The molecule has 0 aliphatic carbocycles. The van der Waals surface area contributed by atoms with E-state index in [1.807, 2.05) is 212 Å². The van der Waals surface area contributed by atoms with Crippen molar-refractivity contribution in [2.45, 2.75) is 41.1 Å². The minimum atomic E-state index is -1.21. The Hall–Kier alpha value is -10.7. The molecule has 1 fully saturated rings. The van der Waals surface area contributed by atoms with Crippen molar-refractivity contribution < 1.29 is 42.7 Å². The Morgan fingerprint density at radius 3 is 1.69 bits per heavy atom. The average Bonchev–Trinajstić information content (AvgIpc) is 1.25. The van der Waals surface area contributed by atoms with Crippen molar-refractivity contribution in [1.29, 1.82) is 0 Å². The summed E-state index contributed by atoms with van der Waals surface area (Å²) in [6.07, 6.45) is -0.335.